The van der Waals surface area contributed by atoms with Crippen molar-refractivity contribution in [1.82, 2.24) is 5.43 Å². The van der Waals surface area contributed by atoms with E-state index in [1.807, 2.05) is 0 Å². The number of alkyl halides is 3. The predicted octanol–water partition coefficient (Wildman–Crippen LogP) is 2.88. The highest BCUT2D eigenvalue weighted by molar-refractivity contribution is 5.83. The quantitative estimate of drug-likeness (QED) is 0.761. The fraction of sp³-hybridized carbons (Fsp3) is 0.133. The average molecular weight is 310 g/mol. The first-order valence-corrected chi connectivity index (χ1v) is 6.34. The first-order chi connectivity index (χ1) is 10.4. The zero-order valence-electron chi connectivity index (χ0n) is 11.3. The Morgan fingerprint density at radius 2 is 1.73 bits per heavy atom. The molecule has 2 rings (SSSR count). The van der Waals surface area contributed by atoms with Crippen LogP contribution in [0.1, 0.15) is 17.2 Å². The SMILES string of the molecule is O=C(NNc1cccc(C(F)(F)F)c1)C(O)c1ccccc1. The Hall–Kier alpha value is -2.54. The Kier molecular flexibility index (Phi) is 4.67. The minimum absolute atomic E-state index is 0.0587. The van der Waals surface area contributed by atoms with Gasteiger partial charge in [0.1, 0.15) is 0 Å². The highest BCUT2D eigenvalue weighted by atomic mass is 19.4. The molecule has 0 aliphatic heterocycles. The summed E-state index contributed by atoms with van der Waals surface area (Å²) >= 11 is 0. The third-order valence-electron chi connectivity index (χ3n) is 2.88. The van der Waals surface area contributed by atoms with Crippen molar-refractivity contribution in [2.75, 3.05) is 5.43 Å². The molecule has 116 valence electrons. The first-order valence-electron chi connectivity index (χ1n) is 6.34. The smallest absolute Gasteiger partial charge is 0.378 e. The van der Waals surface area contributed by atoms with Crippen LogP contribution in [0.2, 0.25) is 0 Å². The number of hydrogen-bond donors (Lipinski definition) is 3. The normalized spacial score (nSPS) is 12.5. The highest BCUT2D eigenvalue weighted by Gasteiger charge is 2.30. The number of aliphatic hydroxyl groups excluding tert-OH is 1. The summed E-state index contributed by atoms with van der Waals surface area (Å²) in [5.41, 5.74) is 4.12. The van der Waals surface area contributed by atoms with Crippen LogP contribution < -0.4 is 10.9 Å². The van der Waals surface area contributed by atoms with Crippen LogP contribution >= 0.6 is 0 Å². The first kappa shape index (κ1) is 15.8. The Labute approximate surface area is 124 Å². The largest absolute Gasteiger partial charge is 0.416 e. The lowest BCUT2D eigenvalue weighted by Crippen LogP contribution is -2.34. The standard InChI is InChI=1S/C15H13F3N2O2/c16-15(17,18)11-7-4-8-12(9-11)19-20-14(22)13(21)10-5-2-1-3-6-10/h1-9,13,19,21H,(H,20,22). The number of anilines is 1. The maximum atomic E-state index is 12.6. The topological polar surface area (TPSA) is 61.4 Å². The highest BCUT2D eigenvalue weighted by Crippen LogP contribution is 2.30. The van der Waals surface area contributed by atoms with Crippen molar-refractivity contribution >= 4 is 11.6 Å². The zero-order valence-corrected chi connectivity index (χ0v) is 11.3. The second kappa shape index (κ2) is 6.48. The Bertz CT molecular complexity index is 645. The van der Waals surface area contributed by atoms with Gasteiger partial charge in [-0.3, -0.25) is 15.6 Å². The summed E-state index contributed by atoms with van der Waals surface area (Å²) < 4.78 is 37.7. The van der Waals surface area contributed by atoms with Gasteiger partial charge in [-0.1, -0.05) is 36.4 Å². The molecule has 3 N–H and O–H groups in total. The number of rotatable bonds is 4. The summed E-state index contributed by atoms with van der Waals surface area (Å²) in [5, 5.41) is 9.82. The minimum atomic E-state index is -4.47. The molecule has 0 saturated carbocycles. The van der Waals surface area contributed by atoms with Crippen LogP contribution in [0.4, 0.5) is 18.9 Å². The van der Waals surface area contributed by atoms with Crippen LogP contribution in [0.25, 0.3) is 0 Å². The number of hydrogen-bond acceptors (Lipinski definition) is 3. The van der Waals surface area contributed by atoms with Crippen molar-refractivity contribution in [2.24, 2.45) is 0 Å². The van der Waals surface area contributed by atoms with E-state index in [4.69, 9.17) is 0 Å². The van der Waals surface area contributed by atoms with Crippen LogP contribution in [0, 0.1) is 0 Å². The lowest BCUT2D eigenvalue weighted by molar-refractivity contribution is -0.137. The molecule has 7 heteroatoms. The molecule has 0 heterocycles. The molecule has 0 spiro atoms. The van der Waals surface area contributed by atoms with Gasteiger partial charge in [-0.25, -0.2) is 0 Å². The Morgan fingerprint density at radius 1 is 1.05 bits per heavy atom. The summed E-state index contributed by atoms with van der Waals surface area (Å²) in [6.45, 7) is 0. The van der Waals surface area contributed by atoms with Gasteiger partial charge in [-0.05, 0) is 23.8 Å². The van der Waals surface area contributed by atoms with Gasteiger partial charge in [0.05, 0.1) is 11.3 Å². The molecule has 0 radical (unpaired) electrons. The van der Waals surface area contributed by atoms with Crippen molar-refractivity contribution in [2.45, 2.75) is 12.3 Å². The van der Waals surface area contributed by atoms with E-state index in [0.29, 0.717) is 5.56 Å². The molecule has 0 aliphatic rings. The van der Waals surface area contributed by atoms with Crippen LogP contribution in [-0.2, 0) is 11.0 Å². The third kappa shape index (κ3) is 3.98. The summed E-state index contributed by atoms with van der Waals surface area (Å²) in [6, 6.07) is 12.5. The Balaban J connectivity index is 2.00. The molecular weight excluding hydrogens is 297 g/mol. The summed E-state index contributed by atoms with van der Waals surface area (Å²) in [7, 11) is 0. The molecule has 1 unspecified atom stereocenters. The lowest BCUT2D eigenvalue weighted by atomic mass is 10.1. The van der Waals surface area contributed by atoms with Crippen LogP contribution in [0.15, 0.2) is 54.6 Å². The van der Waals surface area contributed by atoms with Gasteiger partial charge >= 0.3 is 6.18 Å². The number of amides is 1. The summed E-state index contributed by atoms with van der Waals surface area (Å²) in [4.78, 5) is 11.8. The number of nitrogens with one attached hydrogen (secondary N) is 2. The van der Waals surface area contributed by atoms with E-state index >= 15 is 0 Å². The van der Waals surface area contributed by atoms with Gasteiger partial charge in [-0.2, -0.15) is 13.2 Å². The van der Waals surface area contributed by atoms with E-state index in [-0.39, 0.29) is 5.69 Å². The van der Waals surface area contributed by atoms with Crippen molar-refractivity contribution in [3.8, 4) is 0 Å². The monoisotopic (exact) mass is 310 g/mol. The molecule has 0 fully saturated rings. The maximum absolute atomic E-state index is 12.6. The molecule has 1 atom stereocenters. The molecule has 0 aliphatic carbocycles. The Morgan fingerprint density at radius 3 is 2.36 bits per heavy atom. The zero-order chi connectivity index (χ0) is 16.2. The second-order valence-corrected chi connectivity index (χ2v) is 4.51. The van der Waals surface area contributed by atoms with Crippen LogP contribution in [-0.4, -0.2) is 11.0 Å². The van der Waals surface area contributed by atoms with Crippen LogP contribution in [0.3, 0.4) is 0 Å². The molecule has 4 nitrogen and oxygen atoms in total. The van der Waals surface area contributed by atoms with Gasteiger partial charge in [-0.15, -0.1) is 0 Å². The molecular formula is C15H13F3N2O2. The number of carbonyl (C=O) groups is 1. The number of carbonyl (C=O) groups excluding carboxylic acids is 1. The van der Waals surface area contributed by atoms with Crippen LogP contribution in [0.5, 0.6) is 0 Å². The molecule has 2 aromatic rings. The van der Waals surface area contributed by atoms with E-state index in [1.165, 1.54) is 12.1 Å². The molecule has 0 aromatic heterocycles. The molecule has 22 heavy (non-hydrogen) atoms. The van der Waals surface area contributed by atoms with Crippen molar-refractivity contribution < 1.29 is 23.1 Å². The molecule has 1 amide bonds. The van der Waals surface area contributed by atoms with E-state index in [2.05, 4.69) is 10.9 Å². The summed E-state index contributed by atoms with van der Waals surface area (Å²) in [5.74, 6) is -0.774. The fourth-order valence-corrected chi connectivity index (χ4v) is 1.76. The second-order valence-electron chi connectivity index (χ2n) is 4.51. The van der Waals surface area contributed by atoms with Crippen molar-refractivity contribution in [1.29, 1.82) is 0 Å². The molecule has 2 aromatic carbocycles. The van der Waals surface area contributed by atoms with E-state index < -0.39 is 23.8 Å². The van der Waals surface area contributed by atoms with Gasteiger partial charge in [0.25, 0.3) is 5.91 Å². The summed E-state index contributed by atoms with van der Waals surface area (Å²) in [6.07, 6.45) is -5.88. The van der Waals surface area contributed by atoms with Crippen molar-refractivity contribution in [3.63, 3.8) is 0 Å². The van der Waals surface area contributed by atoms with Crippen molar-refractivity contribution in [3.05, 3.63) is 65.7 Å². The third-order valence-corrected chi connectivity index (χ3v) is 2.88. The van der Waals surface area contributed by atoms with E-state index in [1.54, 1.807) is 30.3 Å². The number of benzene rings is 2. The number of halogens is 3. The molecule has 0 bridgehead atoms. The van der Waals surface area contributed by atoms with Gasteiger partial charge in [0.2, 0.25) is 0 Å². The maximum Gasteiger partial charge on any atom is 0.416 e. The van der Waals surface area contributed by atoms with E-state index in [9.17, 15) is 23.1 Å². The lowest BCUT2D eigenvalue weighted by Gasteiger charge is -2.14. The van der Waals surface area contributed by atoms with Gasteiger partial charge in [0, 0.05) is 0 Å². The van der Waals surface area contributed by atoms with Gasteiger partial charge < -0.3 is 5.11 Å². The number of aliphatic hydroxyl groups is 1. The van der Waals surface area contributed by atoms with E-state index in [0.717, 1.165) is 12.1 Å². The number of hydrazine groups is 1. The fourth-order valence-electron chi connectivity index (χ4n) is 1.76. The average Bonchev–Trinajstić information content (AvgIpc) is 2.52. The van der Waals surface area contributed by atoms with Gasteiger partial charge in [0.15, 0.2) is 6.10 Å². The predicted molar refractivity (Wildman–Crippen MR) is 74.6 cm³/mol. The minimum Gasteiger partial charge on any atom is -0.378 e. The molecule has 0 saturated heterocycles.